The molecule has 1 heterocycles. The molecule has 8 nitrogen and oxygen atoms in total. The molecule has 0 spiro atoms. The molecule has 0 saturated carbocycles. The van der Waals surface area contributed by atoms with Crippen LogP contribution in [0.25, 0.3) is 11.4 Å². The molecule has 0 fully saturated rings. The molecule has 0 unspecified atom stereocenters. The molecule has 0 atom stereocenters. The summed E-state index contributed by atoms with van der Waals surface area (Å²) in [6, 6.07) is 13.1. The molecular weight excluding hydrogens is 416 g/mol. The Morgan fingerprint density at radius 3 is 2.35 bits per heavy atom. The van der Waals surface area contributed by atoms with Crippen molar-refractivity contribution in [2.24, 2.45) is 0 Å². The average molecular weight is 441 g/mol. The summed E-state index contributed by atoms with van der Waals surface area (Å²) in [6.45, 7) is 4.35. The third-order valence-corrected chi connectivity index (χ3v) is 5.31. The van der Waals surface area contributed by atoms with Crippen LogP contribution in [-0.2, 0) is 11.3 Å². The first-order valence-corrected chi connectivity index (χ1v) is 10.4. The Kier molecular flexibility index (Phi) is 7.55. The second-order valence-electron chi connectivity index (χ2n) is 6.32. The van der Waals surface area contributed by atoms with Gasteiger partial charge < -0.3 is 19.5 Å². The molecule has 0 aliphatic carbocycles. The van der Waals surface area contributed by atoms with Crippen LogP contribution in [0.1, 0.15) is 0 Å². The Morgan fingerprint density at radius 1 is 1.10 bits per heavy atom. The number of anilines is 1. The summed E-state index contributed by atoms with van der Waals surface area (Å²) in [6.07, 6.45) is 1.77. The Labute approximate surface area is 185 Å². The van der Waals surface area contributed by atoms with E-state index in [4.69, 9.17) is 14.2 Å². The van der Waals surface area contributed by atoms with Gasteiger partial charge in [-0.05, 0) is 0 Å². The summed E-state index contributed by atoms with van der Waals surface area (Å²) >= 11 is 1.30. The van der Waals surface area contributed by atoms with Crippen molar-refractivity contribution in [2.45, 2.75) is 11.7 Å². The van der Waals surface area contributed by atoms with E-state index >= 15 is 0 Å². The number of thioether (sulfide) groups is 1. The number of nitrogens with one attached hydrogen (secondary N) is 1. The highest BCUT2D eigenvalue weighted by Gasteiger charge is 2.17. The van der Waals surface area contributed by atoms with Crippen molar-refractivity contribution in [1.82, 2.24) is 14.8 Å². The normalized spacial score (nSPS) is 10.4. The average Bonchev–Trinajstić information content (AvgIpc) is 3.20. The van der Waals surface area contributed by atoms with Gasteiger partial charge >= 0.3 is 0 Å². The number of benzene rings is 2. The van der Waals surface area contributed by atoms with E-state index in [2.05, 4.69) is 22.1 Å². The van der Waals surface area contributed by atoms with E-state index < -0.39 is 0 Å². The van der Waals surface area contributed by atoms with Gasteiger partial charge in [0.2, 0.25) is 11.7 Å². The van der Waals surface area contributed by atoms with Crippen LogP contribution < -0.4 is 19.5 Å². The van der Waals surface area contributed by atoms with Crippen molar-refractivity contribution < 1.29 is 19.0 Å². The van der Waals surface area contributed by atoms with Gasteiger partial charge in [0, 0.05) is 29.9 Å². The molecule has 31 heavy (non-hydrogen) atoms. The highest BCUT2D eigenvalue weighted by molar-refractivity contribution is 7.99. The van der Waals surface area contributed by atoms with Gasteiger partial charge in [0.1, 0.15) is 0 Å². The predicted molar refractivity (Wildman–Crippen MR) is 121 cm³/mol. The van der Waals surface area contributed by atoms with Crippen molar-refractivity contribution in [3.05, 3.63) is 55.1 Å². The molecule has 2 aromatic carbocycles. The minimum absolute atomic E-state index is 0.153. The van der Waals surface area contributed by atoms with E-state index in [1.54, 1.807) is 18.2 Å². The molecule has 3 rings (SSSR count). The van der Waals surface area contributed by atoms with Gasteiger partial charge in [0.15, 0.2) is 22.5 Å². The van der Waals surface area contributed by atoms with Crippen LogP contribution in [0.5, 0.6) is 17.2 Å². The van der Waals surface area contributed by atoms with Crippen LogP contribution in [0.15, 0.2) is 60.3 Å². The first kappa shape index (κ1) is 22.2. The molecule has 0 bridgehead atoms. The van der Waals surface area contributed by atoms with Gasteiger partial charge in [-0.1, -0.05) is 48.2 Å². The summed E-state index contributed by atoms with van der Waals surface area (Å²) in [5.74, 6) is 2.07. The minimum atomic E-state index is -0.200. The fourth-order valence-electron chi connectivity index (χ4n) is 2.97. The quantitative estimate of drug-likeness (QED) is 0.378. The van der Waals surface area contributed by atoms with Crippen LogP contribution in [0.2, 0.25) is 0 Å². The Bertz CT molecular complexity index is 1030. The Balaban J connectivity index is 1.73. The van der Waals surface area contributed by atoms with Crippen LogP contribution in [0.4, 0.5) is 5.69 Å². The minimum Gasteiger partial charge on any atom is -0.493 e. The lowest BCUT2D eigenvalue weighted by atomic mass is 10.2. The fourth-order valence-corrected chi connectivity index (χ4v) is 3.72. The molecule has 1 aromatic heterocycles. The number of rotatable bonds is 10. The van der Waals surface area contributed by atoms with Crippen molar-refractivity contribution >= 4 is 23.4 Å². The summed E-state index contributed by atoms with van der Waals surface area (Å²) in [4.78, 5) is 12.6. The second-order valence-corrected chi connectivity index (χ2v) is 7.26. The number of allylic oxidation sites excluding steroid dienone is 1. The lowest BCUT2D eigenvalue weighted by Crippen LogP contribution is -2.15. The highest BCUT2D eigenvalue weighted by Crippen LogP contribution is 2.40. The maximum Gasteiger partial charge on any atom is 0.234 e. The molecule has 1 amide bonds. The number of aromatic nitrogens is 3. The van der Waals surface area contributed by atoms with E-state index in [1.807, 2.05) is 34.9 Å². The number of amides is 1. The molecule has 3 aromatic rings. The summed E-state index contributed by atoms with van der Waals surface area (Å²) in [5, 5.41) is 12.0. The Hall–Kier alpha value is -3.46. The topological polar surface area (TPSA) is 87.5 Å². The summed E-state index contributed by atoms with van der Waals surface area (Å²) < 4.78 is 17.9. The first-order valence-electron chi connectivity index (χ1n) is 9.43. The number of carbonyl (C=O) groups excluding carboxylic acids is 1. The maximum atomic E-state index is 12.6. The largest absolute Gasteiger partial charge is 0.493 e. The van der Waals surface area contributed by atoms with Gasteiger partial charge in [-0.25, -0.2) is 0 Å². The van der Waals surface area contributed by atoms with E-state index in [9.17, 15) is 4.79 Å². The number of hydrogen-bond acceptors (Lipinski definition) is 7. The standard InChI is InChI=1S/C22H24N4O4S/c1-5-11-26-21(15-9-7-6-8-10-15)24-25-22(26)31-14-19(27)23-16-12-17(28-2)20(30-4)18(13-16)29-3/h5-10,12-13H,1,11,14H2,2-4H3,(H,23,27). The number of ether oxygens (including phenoxy) is 3. The highest BCUT2D eigenvalue weighted by atomic mass is 32.2. The smallest absolute Gasteiger partial charge is 0.234 e. The second kappa shape index (κ2) is 10.5. The first-order chi connectivity index (χ1) is 15.1. The number of methoxy groups -OCH3 is 3. The molecule has 0 saturated heterocycles. The molecule has 0 aliphatic rings. The number of nitrogens with zero attached hydrogens (tertiary/aromatic N) is 3. The molecule has 9 heteroatoms. The van der Waals surface area contributed by atoms with Crippen LogP contribution >= 0.6 is 11.8 Å². The van der Waals surface area contributed by atoms with Crippen molar-refractivity contribution in [3.63, 3.8) is 0 Å². The van der Waals surface area contributed by atoms with Crippen molar-refractivity contribution in [3.8, 4) is 28.6 Å². The van der Waals surface area contributed by atoms with Crippen molar-refractivity contribution in [1.29, 1.82) is 0 Å². The Morgan fingerprint density at radius 2 is 1.77 bits per heavy atom. The summed E-state index contributed by atoms with van der Waals surface area (Å²) in [7, 11) is 4.57. The van der Waals surface area contributed by atoms with E-state index in [0.717, 1.165) is 11.4 Å². The van der Waals surface area contributed by atoms with Gasteiger partial charge in [-0.3, -0.25) is 9.36 Å². The van der Waals surface area contributed by atoms with Crippen LogP contribution in [0, 0.1) is 0 Å². The zero-order valence-electron chi connectivity index (χ0n) is 17.6. The number of carbonyl (C=O) groups is 1. The van der Waals surface area contributed by atoms with E-state index in [-0.39, 0.29) is 11.7 Å². The fraction of sp³-hybridized carbons (Fsp3) is 0.227. The van der Waals surface area contributed by atoms with Gasteiger partial charge in [-0.2, -0.15) is 0 Å². The maximum absolute atomic E-state index is 12.6. The lowest BCUT2D eigenvalue weighted by Gasteiger charge is -2.14. The zero-order valence-corrected chi connectivity index (χ0v) is 18.4. The van der Waals surface area contributed by atoms with Crippen molar-refractivity contribution in [2.75, 3.05) is 32.4 Å². The monoisotopic (exact) mass is 440 g/mol. The lowest BCUT2D eigenvalue weighted by molar-refractivity contribution is -0.113. The molecule has 162 valence electrons. The van der Waals surface area contributed by atoms with E-state index in [0.29, 0.717) is 34.6 Å². The van der Waals surface area contributed by atoms with Gasteiger partial charge in [0.25, 0.3) is 0 Å². The zero-order chi connectivity index (χ0) is 22.2. The predicted octanol–water partition coefficient (Wildman–Crippen LogP) is 3.89. The third kappa shape index (κ3) is 5.18. The van der Waals surface area contributed by atoms with E-state index in [1.165, 1.54) is 33.1 Å². The van der Waals surface area contributed by atoms with Gasteiger partial charge in [0.05, 0.1) is 27.1 Å². The van der Waals surface area contributed by atoms with Crippen LogP contribution in [-0.4, -0.2) is 47.8 Å². The molecule has 0 radical (unpaired) electrons. The SMILES string of the molecule is C=CCn1c(SCC(=O)Nc2cc(OC)c(OC)c(OC)c2)nnc1-c1ccccc1. The van der Waals surface area contributed by atoms with Gasteiger partial charge in [-0.15, -0.1) is 16.8 Å². The molecule has 0 aliphatic heterocycles. The summed E-state index contributed by atoms with van der Waals surface area (Å²) in [5.41, 5.74) is 1.49. The number of hydrogen-bond donors (Lipinski definition) is 1. The molecule has 1 N–H and O–H groups in total. The molecular formula is C22H24N4O4S. The van der Waals surface area contributed by atoms with Crippen LogP contribution in [0.3, 0.4) is 0 Å². The third-order valence-electron chi connectivity index (χ3n) is 4.34.